The van der Waals surface area contributed by atoms with E-state index in [2.05, 4.69) is 10.2 Å². The zero-order valence-electron chi connectivity index (χ0n) is 12.3. The maximum Gasteiger partial charge on any atom is 0.238 e. The molecule has 4 nitrogen and oxygen atoms in total. The van der Waals surface area contributed by atoms with Gasteiger partial charge in [0, 0.05) is 17.3 Å². The zero-order valence-corrected chi connectivity index (χ0v) is 13.8. The molecule has 0 saturated carbocycles. The molecule has 1 unspecified atom stereocenters. The highest BCUT2D eigenvalue weighted by Gasteiger charge is 2.20. The van der Waals surface area contributed by atoms with Gasteiger partial charge in [-0.15, -0.1) is 12.4 Å². The number of amides is 1. The smallest absolute Gasteiger partial charge is 0.238 e. The van der Waals surface area contributed by atoms with Crippen LogP contribution in [0.15, 0.2) is 18.2 Å². The van der Waals surface area contributed by atoms with Crippen molar-refractivity contribution in [3.63, 3.8) is 0 Å². The minimum atomic E-state index is 0. The van der Waals surface area contributed by atoms with Crippen LogP contribution in [-0.2, 0) is 4.79 Å². The summed E-state index contributed by atoms with van der Waals surface area (Å²) in [5, 5.41) is 3.56. The second-order valence-electron chi connectivity index (χ2n) is 5.49. The fourth-order valence-corrected chi connectivity index (χ4v) is 2.74. The van der Waals surface area contributed by atoms with Gasteiger partial charge in [0.25, 0.3) is 0 Å². The SMILES string of the molecule is Cc1ccc(NC(=O)CN2CCCC(CN)C2)cc1Cl.Cl. The number of nitrogens with one attached hydrogen (secondary N) is 1. The quantitative estimate of drug-likeness (QED) is 0.891. The topological polar surface area (TPSA) is 58.4 Å². The first kappa shape index (κ1) is 18.2. The Morgan fingerprint density at radius 3 is 2.95 bits per heavy atom. The molecule has 21 heavy (non-hydrogen) atoms. The van der Waals surface area contributed by atoms with E-state index < -0.39 is 0 Å². The molecule has 1 aromatic carbocycles. The molecule has 0 aliphatic carbocycles. The number of hydrogen-bond acceptors (Lipinski definition) is 3. The van der Waals surface area contributed by atoms with Gasteiger partial charge in [0.2, 0.25) is 5.91 Å². The monoisotopic (exact) mass is 331 g/mol. The third-order valence-corrected chi connectivity index (χ3v) is 4.17. The van der Waals surface area contributed by atoms with Crippen molar-refractivity contribution < 1.29 is 4.79 Å². The molecule has 2 rings (SSSR count). The molecular weight excluding hydrogens is 309 g/mol. The average Bonchev–Trinajstić information content (AvgIpc) is 2.43. The van der Waals surface area contributed by atoms with Crippen molar-refractivity contribution in [1.29, 1.82) is 0 Å². The number of aryl methyl sites for hydroxylation is 1. The molecule has 1 aliphatic heterocycles. The van der Waals surface area contributed by atoms with Crippen LogP contribution in [0.5, 0.6) is 0 Å². The van der Waals surface area contributed by atoms with Crippen LogP contribution in [0.4, 0.5) is 5.69 Å². The van der Waals surface area contributed by atoms with E-state index in [0.29, 0.717) is 24.0 Å². The van der Waals surface area contributed by atoms with Gasteiger partial charge in [-0.1, -0.05) is 17.7 Å². The van der Waals surface area contributed by atoms with Crippen LogP contribution < -0.4 is 11.1 Å². The standard InChI is InChI=1S/C15H22ClN3O.ClH/c1-11-4-5-13(7-14(11)16)18-15(20)10-19-6-2-3-12(8-17)9-19;/h4-5,7,12H,2-3,6,8-10,17H2,1H3,(H,18,20);1H. The molecule has 0 aromatic heterocycles. The number of benzene rings is 1. The number of likely N-dealkylation sites (tertiary alicyclic amines) is 1. The van der Waals surface area contributed by atoms with Crippen LogP contribution in [0.2, 0.25) is 5.02 Å². The van der Waals surface area contributed by atoms with Crippen molar-refractivity contribution in [1.82, 2.24) is 4.90 Å². The summed E-state index contributed by atoms with van der Waals surface area (Å²) in [5.41, 5.74) is 7.46. The van der Waals surface area contributed by atoms with Crippen LogP contribution in [0.3, 0.4) is 0 Å². The highest BCUT2D eigenvalue weighted by molar-refractivity contribution is 6.31. The molecule has 6 heteroatoms. The Balaban J connectivity index is 0.00000220. The lowest BCUT2D eigenvalue weighted by Gasteiger charge is -2.31. The maximum absolute atomic E-state index is 12.0. The molecule has 1 aromatic rings. The van der Waals surface area contributed by atoms with Gasteiger partial charge in [-0.3, -0.25) is 9.69 Å². The molecule has 3 N–H and O–H groups in total. The average molecular weight is 332 g/mol. The molecule has 1 amide bonds. The van der Waals surface area contributed by atoms with Crippen LogP contribution in [-0.4, -0.2) is 37.0 Å². The highest BCUT2D eigenvalue weighted by Crippen LogP contribution is 2.20. The first-order valence-electron chi connectivity index (χ1n) is 7.07. The van der Waals surface area contributed by atoms with E-state index in [4.69, 9.17) is 17.3 Å². The molecule has 1 atom stereocenters. The summed E-state index contributed by atoms with van der Waals surface area (Å²) in [7, 11) is 0. The summed E-state index contributed by atoms with van der Waals surface area (Å²) >= 11 is 6.05. The number of rotatable bonds is 4. The number of carbonyl (C=O) groups excluding carboxylic acids is 1. The van der Waals surface area contributed by atoms with Gasteiger partial charge in [0.05, 0.1) is 6.54 Å². The van der Waals surface area contributed by atoms with Gasteiger partial charge in [0.15, 0.2) is 0 Å². The van der Waals surface area contributed by atoms with Gasteiger partial charge in [-0.25, -0.2) is 0 Å². The third-order valence-electron chi connectivity index (χ3n) is 3.76. The van der Waals surface area contributed by atoms with Gasteiger partial charge >= 0.3 is 0 Å². The van der Waals surface area contributed by atoms with Crippen molar-refractivity contribution in [2.75, 3.05) is 31.5 Å². The number of halogens is 2. The molecule has 0 spiro atoms. The first-order valence-corrected chi connectivity index (χ1v) is 7.44. The molecule has 1 saturated heterocycles. The summed E-state index contributed by atoms with van der Waals surface area (Å²) in [6.45, 7) is 4.94. The maximum atomic E-state index is 12.0. The lowest BCUT2D eigenvalue weighted by atomic mass is 9.98. The highest BCUT2D eigenvalue weighted by atomic mass is 35.5. The minimum absolute atomic E-state index is 0. The van der Waals surface area contributed by atoms with Crippen LogP contribution in [0.25, 0.3) is 0 Å². The first-order chi connectivity index (χ1) is 9.58. The van der Waals surface area contributed by atoms with Crippen molar-refractivity contribution in [2.45, 2.75) is 19.8 Å². The predicted octanol–water partition coefficient (Wildman–Crippen LogP) is 2.68. The Morgan fingerprint density at radius 2 is 2.29 bits per heavy atom. The Labute approximate surface area is 137 Å². The number of nitrogens with two attached hydrogens (primary N) is 1. The van der Waals surface area contributed by atoms with Crippen molar-refractivity contribution >= 4 is 35.6 Å². The van der Waals surface area contributed by atoms with E-state index in [9.17, 15) is 4.79 Å². The van der Waals surface area contributed by atoms with Gasteiger partial charge < -0.3 is 11.1 Å². The van der Waals surface area contributed by atoms with E-state index in [1.807, 2.05) is 19.1 Å². The van der Waals surface area contributed by atoms with E-state index in [1.165, 1.54) is 6.42 Å². The number of anilines is 1. The number of carbonyl (C=O) groups is 1. The Morgan fingerprint density at radius 1 is 1.52 bits per heavy atom. The summed E-state index contributed by atoms with van der Waals surface area (Å²) in [6, 6.07) is 5.56. The van der Waals surface area contributed by atoms with Crippen LogP contribution >= 0.6 is 24.0 Å². The van der Waals surface area contributed by atoms with Crippen molar-refractivity contribution in [3.05, 3.63) is 28.8 Å². The van der Waals surface area contributed by atoms with Crippen LogP contribution in [0.1, 0.15) is 18.4 Å². The van der Waals surface area contributed by atoms with Gasteiger partial charge in [0.1, 0.15) is 0 Å². The molecule has 118 valence electrons. The Hall–Kier alpha value is -0.810. The largest absolute Gasteiger partial charge is 0.330 e. The molecular formula is C15H23Cl2N3O. The fourth-order valence-electron chi connectivity index (χ4n) is 2.56. The van der Waals surface area contributed by atoms with Crippen LogP contribution in [0, 0.1) is 12.8 Å². The zero-order chi connectivity index (χ0) is 14.5. The summed E-state index contributed by atoms with van der Waals surface area (Å²) < 4.78 is 0. The van der Waals surface area contributed by atoms with E-state index in [-0.39, 0.29) is 18.3 Å². The Kier molecular flexibility index (Phi) is 7.46. The summed E-state index contributed by atoms with van der Waals surface area (Å²) in [4.78, 5) is 14.2. The molecule has 0 radical (unpaired) electrons. The number of nitrogens with zero attached hydrogens (tertiary/aromatic N) is 1. The predicted molar refractivity (Wildman–Crippen MR) is 90.3 cm³/mol. The summed E-state index contributed by atoms with van der Waals surface area (Å²) in [5.74, 6) is 0.521. The normalized spacial score (nSPS) is 18.9. The Bertz CT molecular complexity index is 482. The lowest BCUT2D eigenvalue weighted by molar-refractivity contribution is -0.117. The second-order valence-corrected chi connectivity index (χ2v) is 5.90. The third kappa shape index (κ3) is 5.47. The van der Waals surface area contributed by atoms with E-state index >= 15 is 0 Å². The number of hydrogen-bond donors (Lipinski definition) is 2. The van der Waals surface area contributed by atoms with E-state index in [0.717, 1.165) is 30.8 Å². The van der Waals surface area contributed by atoms with Gasteiger partial charge in [-0.05, 0) is 56.5 Å². The van der Waals surface area contributed by atoms with Crippen molar-refractivity contribution in [3.8, 4) is 0 Å². The number of piperidine rings is 1. The molecule has 1 heterocycles. The van der Waals surface area contributed by atoms with E-state index in [1.54, 1.807) is 6.07 Å². The molecule has 1 aliphatic rings. The van der Waals surface area contributed by atoms with Crippen molar-refractivity contribution in [2.24, 2.45) is 11.7 Å². The summed E-state index contributed by atoms with van der Waals surface area (Å²) in [6.07, 6.45) is 2.29. The molecule has 0 bridgehead atoms. The lowest BCUT2D eigenvalue weighted by Crippen LogP contribution is -2.42. The second kappa shape index (κ2) is 8.59. The molecule has 1 fully saturated rings. The van der Waals surface area contributed by atoms with Gasteiger partial charge in [-0.2, -0.15) is 0 Å². The fraction of sp³-hybridized carbons (Fsp3) is 0.533. The minimum Gasteiger partial charge on any atom is -0.330 e.